The molecular weight excluding hydrogens is 235 g/mol. The monoisotopic (exact) mass is 247 g/mol. The van der Waals surface area contributed by atoms with E-state index in [1.807, 2.05) is 6.92 Å². The normalized spacial score (nSPS) is 26.0. The summed E-state index contributed by atoms with van der Waals surface area (Å²) in [5.74, 6) is 0. The molecule has 1 aliphatic heterocycles. The van der Waals surface area contributed by atoms with E-state index in [-0.39, 0.29) is 5.37 Å². The summed E-state index contributed by atoms with van der Waals surface area (Å²) in [4.78, 5) is 0. The van der Waals surface area contributed by atoms with Gasteiger partial charge in [0.15, 0.2) is 0 Å². The molecule has 0 saturated carbocycles. The van der Waals surface area contributed by atoms with Crippen molar-refractivity contribution in [1.29, 1.82) is 0 Å². The number of hydrogen-bond donors (Lipinski definition) is 1. The van der Waals surface area contributed by atoms with Gasteiger partial charge in [0.05, 0.1) is 10.9 Å². The molecular formula is C11H12F3NS. The lowest BCUT2D eigenvalue weighted by atomic mass is 10.1. The number of benzene rings is 1. The predicted octanol–water partition coefficient (Wildman–Crippen LogP) is 3.43. The molecule has 1 saturated heterocycles. The first-order valence-corrected chi connectivity index (χ1v) is 5.98. The van der Waals surface area contributed by atoms with Gasteiger partial charge in [0.2, 0.25) is 0 Å². The Kier molecular flexibility index (Phi) is 3.17. The summed E-state index contributed by atoms with van der Waals surface area (Å²) in [7, 11) is 0. The summed E-state index contributed by atoms with van der Waals surface area (Å²) in [6.07, 6.45) is -4.27. The molecule has 2 atom stereocenters. The van der Waals surface area contributed by atoms with Crippen molar-refractivity contribution in [1.82, 2.24) is 5.32 Å². The lowest BCUT2D eigenvalue weighted by Gasteiger charge is -2.17. The zero-order chi connectivity index (χ0) is 11.8. The van der Waals surface area contributed by atoms with Gasteiger partial charge < -0.3 is 5.32 Å². The van der Waals surface area contributed by atoms with Gasteiger partial charge in [-0.1, -0.05) is 25.1 Å². The van der Waals surface area contributed by atoms with Gasteiger partial charge in [0.1, 0.15) is 0 Å². The lowest BCUT2D eigenvalue weighted by molar-refractivity contribution is -0.138. The molecule has 1 nitrogen and oxygen atoms in total. The van der Waals surface area contributed by atoms with Crippen LogP contribution in [0.5, 0.6) is 0 Å². The molecule has 2 rings (SSSR count). The first-order chi connectivity index (χ1) is 7.48. The zero-order valence-electron chi connectivity index (χ0n) is 8.71. The summed E-state index contributed by atoms with van der Waals surface area (Å²) >= 11 is 1.54. The minimum Gasteiger partial charge on any atom is -0.301 e. The van der Waals surface area contributed by atoms with Crippen LogP contribution >= 0.6 is 11.8 Å². The van der Waals surface area contributed by atoms with Crippen molar-refractivity contribution >= 4 is 11.8 Å². The van der Waals surface area contributed by atoms with E-state index in [0.29, 0.717) is 10.8 Å². The SMILES string of the molecule is CC1CNC(c2ccccc2C(F)(F)F)S1. The van der Waals surface area contributed by atoms with Gasteiger partial charge in [-0.2, -0.15) is 13.2 Å². The molecule has 1 aromatic carbocycles. The fourth-order valence-electron chi connectivity index (χ4n) is 1.77. The van der Waals surface area contributed by atoms with E-state index < -0.39 is 11.7 Å². The van der Waals surface area contributed by atoms with E-state index in [1.54, 1.807) is 12.1 Å². The van der Waals surface area contributed by atoms with E-state index in [0.717, 1.165) is 12.6 Å². The standard InChI is InChI=1S/C11H12F3NS/c1-7-6-15-10(16-7)8-4-2-3-5-9(8)11(12,13)14/h2-5,7,10,15H,6H2,1H3. The number of alkyl halides is 3. The molecule has 1 N–H and O–H groups in total. The fourth-order valence-corrected chi connectivity index (χ4v) is 2.97. The number of thioether (sulfide) groups is 1. The zero-order valence-corrected chi connectivity index (χ0v) is 9.53. The van der Waals surface area contributed by atoms with Gasteiger partial charge >= 0.3 is 6.18 Å². The summed E-state index contributed by atoms with van der Waals surface area (Å²) in [5, 5.41) is 3.21. The maximum Gasteiger partial charge on any atom is 0.416 e. The van der Waals surface area contributed by atoms with Crippen molar-refractivity contribution in [3.8, 4) is 0 Å². The molecule has 0 spiro atoms. The van der Waals surface area contributed by atoms with E-state index in [4.69, 9.17) is 0 Å². The fraction of sp³-hybridized carbons (Fsp3) is 0.455. The van der Waals surface area contributed by atoms with Gasteiger partial charge in [0.25, 0.3) is 0 Å². The number of hydrogen-bond acceptors (Lipinski definition) is 2. The highest BCUT2D eigenvalue weighted by Gasteiger charge is 2.36. The largest absolute Gasteiger partial charge is 0.416 e. The van der Waals surface area contributed by atoms with Crippen molar-refractivity contribution in [3.05, 3.63) is 35.4 Å². The van der Waals surface area contributed by atoms with Gasteiger partial charge in [-0.25, -0.2) is 0 Å². The Balaban J connectivity index is 2.34. The van der Waals surface area contributed by atoms with E-state index in [9.17, 15) is 13.2 Å². The smallest absolute Gasteiger partial charge is 0.301 e. The third-order valence-corrected chi connectivity index (χ3v) is 3.83. The Hall–Kier alpha value is -0.680. The van der Waals surface area contributed by atoms with Crippen LogP contribution in [0.4, 0.5) is 13.2 Å². The van der Waals surface area contributed by atoms with Crippen molar-refractivity contribution in [2.75, 3.05) is 6.54 Å². The second-order valence-corrected chi connectivity index (χ2v) is 5.37. The van der Waals surface area contributed by atoms with Crippen molar-refractivity contribution in [3.63, 3.8) is 0 Å². The summed E-state index contributed by atoms with van der Waals surface area (Å²) in [6.45, 7) is 2.76. The van der Waals surface area contributed by atoms with Crippen LogP contribution < -0.4 is 5.32 Å². The van der Waals surface area contributed by atoms with Crippen molar-refractivity contribution in [2.24, 2.45) is 0 Å². The quantitative estimate of drug-likeness (QED) is 0.816. The second kappa shape index (κ2) is 4.30. The van der Waals surface area contributed by atoms with Crippen LogP contribution in [0, 0.1) is 0 Å². The Morgan fingerprint density at radius 2 is 2.00 bits per heavy atom. The van der Waals surface area contributed by atoms with Crippen molar-refractivity contribution < 1.29 is 13.2 Å². The van der Waals surface area contributed by atoms with Gasteiger partial charge in [-0.3, -0.25) is 0 Å². The van der Waals surface area contributed by atoms with Crippen LogP contribution in [0.2, 0.25) is 0 Å². The molecule has 0 radical (unpaired) electrons. The molecule has 0 bridgehead atoms. The summed E-state index contributed by atoms with van der Waals surface area (Å²) < 4.78 is 38.3. The molecule has 88 valence electrons. The minimum atomic E-state index is -4.27. The van der Waals surface area contributed by atoms with Crippen LogP contribution in [-0.4, -0.2) is 11.8 Å². The maximum atomic E-state index is 12.8. The average molecular weight is 247 g/mol. The minimum absolute atomic E-state index is 0.243. The van der Waals surface area contributed by atoms with Crippen LogP contribution in [-0.2, 0) is 6.18 Å². The number of rotatable bonds is 1. The first kappa shape index (κ1) is 11.8. The topological polar surface area (TPSA) is 12.0 Å². The van der Waals surface area contributed by atoms with E-state index >= 15 is 0 Å². The lowest BCUT2D eigenvalue weighted by Crippen LogP contribution is -2.18. The summed E-state index contributed by atoms with van der Waals surface area (Å²) in [5.41, 5.74) is -0.196. The van der Waals surface area contributed by atoms with Crippen LogP contribution in [0.1, 0.15) is 23.4 Å². The highest BCUT2D eigenvalue weighted by Crippen LogP contribution is 2.41. The molecule has 0 aliphatic carbocycles. The first-order valence-electron chi connectivity index (χ1n) is 5.03. The van der Waals surface area contributed by atoms with Gasteiger partial charge in [-0.15, -0.1) is 11.8 Å². The summed E-state index contributed by atoms with van der Waals surface area (Å²) in [6, 6.07) is 5.76. The Morgan fingerprint density at radius 3 is 2.56 bits per heavy atom. The van der Waals surface area contributed by atoms with E-state index in [1.165, 1.54) is 17.8 Å². The van der Waals surface area contributed by atoms with Crippen molar-refractivity contribution in [2.45, 2.75) is 23.7 Å². The second-order valence-electron chi connectivity index (χ2n) is 3.82. The number of halogens is 3. The number of nitrogens with one attached hydrogen (secondary N) is 1. The molecule has 1 aromatic rings. The van der Waals surface area contributed by atoms with Gasteiger partial charge in [0, 0.05) is 11.8 Å². The molecule has 0 amide bonds. The highest BCUT2D eigenvalue weighted by molar-refractivity contribution is 8.00. The van der Waals surface area contributed by atoms with E-state index in [2.05, 4.69) is 5.32 Å². The molecule has 0 aromatic heterocycles. The predicted molar refractivity (Wildman–Crippen MR) is 59.2 cm³/mol. The van der Waals surface area contributed by atoms with Crippen LogP contribution in [0.15, 0.2) is 24.3 Å². The molecule has 5 heteroatoms. The molecule has 16 heavy (non-hydrogen) atoms. The van der Waals surface area contributed by atoms with Crippen LogP contribution in [0.3, 0.4) is 0 Å². The molecule has 1 aliphatic rings. The highest BCUT2D eigenvalue weighted by atomic mass is 32.2. The Morgan fingerprint density at radius 1 is 1.31 bits per heavy atom. The third-order valence-electron chi connectivity index (χ3n) is 2.51. The van der Waals surface area contributed by atoms with Crippen LogP contribution in [0.25, 0.3) is 0 Å². The third kappa shape index (κ3) is 2.35. The van der Waals surface area contributed by atoms with Gasteiger partial charge in [-0.05, 0) is 11.6 Å². The molecule has 1 fully saturated rings. The average Bonchev–Trinajstić information content (AvgIpc) is 2.64. The Bertz CT molecular complexity index is 378. The molecule has 1 heterocycles. The Labute approximate surface area is 96.4 Å². The molecule has 2 unspecified atom stereocenters. The maximum absolute atomic E-state index is 12.8.